The quantitative estimate of drug-likeness (QED) is 0.575. The topological polar surface area (TPSA) is 64.1 Å². The summed E-state index contributed by atoms with van der Waals surface area (Å²) in [7, 11) is 5.23. The van der Waals surface area contributed by atoms with Crippen LogP contribution in [-0.2, 0) is 14.9 Å². The Morgan fingerprint density at radius 2 is 2.04 bits per heavy atom. The third-order valence-electron chi connectivity index (χ3n) is 4.99. The van der Waals surface area contributed by atoms with Crippen LogP contribution in [0, 0.1) is 6.92 Å². The predicted molar refractivity (Wildman–Crippen MR) is 105 cm³/mol. The molecule has 1 heterocycles. The van der Waals surface area contributed by atoms with Gasteiger partial charge in [0.1, 0.15) is 5.75 Å². The zero-order valence-corrected chi connectivity index (χ0v) is 16.7. The van der Waals surface area contributed by atoms with E-state index in [1.807, 2.05) is 0 Å². The number of aliphatic imine (C=N–C) groups is 1. The van der Waals surface area contributed by atoms with Crippen molar-refractivity contribution in [1.82, 2.24) is 10.6 Å². The van der Waals surface area contributed by atoms with Crippen LogP contribution in [0.25, 0.3) is 0 Å². The van der Waals surface area contributed by atoms with Gasteiger partial charge >= 0.3 is 0 Å². The van der Waals surface area contributed by atoms with Gasteiger partial charge in [-0.05, 0) is 32.8 Å². The molecule has 1 aromatic carbocycles. The highest BCUT2D eigenvalue weighted by Crippen LogP contribution is 2.40. The minimum absolute atomic E-state index is 0.0439. The van der Waals surface area contributed by atoms with Crippen molar-refractivity contribution in [3.63, 3.8) is 0 Å². The number of hydrogen-bond acceptors (Lipinski definition) is 4. The molecule has 1 aliphatic heterocycles. The summed E-state index contributed by atoms with van der Waals surface area (Å²) >= 11 is 0. The molecule has 2 rings (SSSR count). The molecule has 2 N–H and O–H groups in total. The minimum Gasteiger partial charge on any atom is -0.496 e. The average Bonchev–Trinajstić information content (AvgIpc) is 2.66. The lowest BCUT2D eigenvalue weighted by Crippen LogP contribution is -2.50. The molecule has 1 atom stereocenters. The number of ether oxygens (including phenoxy) is 3. The van der Waals surface area contributed by atoms with Crippen molar-refractivity contribution in [2.75, 3.05) is 47.6 Å². The maximum Gasteiger partial charge on any atom is 0.191 e. The van der Waals surface area contributed by atoms with Crippen molar-refractivity contribution < 1.29 is 14.2 Å². The van der Waals surface area contributed by atoms with Crippen LogP contribution in [0.2, 0.25) is 0 Å². The van der Waals surface area contributed by atoms with Gasteiger partial charge in [0.25, 0.3) is 0 Å². The Labute approximate surface area is 157 Å². The van der Waals surface area contributed by atoms with E-state index in [1.54, 1.807) is 21.3 Å². The Bertz CT molecular complexity index is 598. The summed E-state index contributed by atoms with van der Waals surface area (Å²) in [6.07, 6.45) is 1.90. The Kier molecular flexibility index (Phi) is 7.72. The van der Waals surface area contributed by atoms with Crippen LogP contribution in [0.5, 0.6) is 5.75 Å². The zero-order valence-electron chi connectivity index (χ0n) is 16.7. The summed E-state index contributed by atoms with van der Waals surface area (Å²) < 4.78 is 16.5. The highest BCUT2D eigenvalue weighted by molar-refractivity contribution is 5.80. The highest BCUT2D eigenvalue weighted by Gasteiger charge is 2.37. The van der Waals surface area contributed by atoms with Gasteiger partial charge in [0.15, 0.2) is 5.96 Å². The van der Waals surface area contributed by atoms with Crippen molar-refractivity contribution in [3.05, 3.63) is 29.3 Å². The van der Waals surface area contributed by atoms with Crippen molar-refractivity contribution in [3.8, 4) is 5.75 Å². The Hall–Kier alpha value is -1.79. The number of aryl methyl sites for hydroxylation is 1. The molecule has 0 bridgehead atoms. The fourth-order valence-corrected chi connectivity index (χ4v) is 3.51. The van der Waals surface area contributed by atoms with E-state index in [9.17, 15) is 0 Å². The van der Waals surface area contributed by atoms with Crippen LogP contribution in [0.1, 0.15) is 30.9 Å². The Balaban J connectivity index is 2.21. The molecule has 1 aliphatic rings. The molecular formula is C20H33N3O3. The van der Waals surface area contributed by atoms with Gasteiger partial charge in [-0.2, -0.15) is 0 Å². The van der Waals surface area contributed by atoms with E-state index in [1.165, 1.54) is 11.1 Å². The molecule has 0 aliphatic carbocycles. The summed E-state index contributed by atoms with van der Waals surface area (Å²) in [5.74, 6) is 1.72. The number of guanidine groups is 1. The summed E-state index contributed by atoms with van der Waals surface area (Å²) in [6.45, 7) is 7.11. The van der Waals surface area contributed by atoms with E-state index in [0.717, 1.165) is 44.3 Å². The largest absolute Gasteiger partial charge is 0.496 e. The second kappa shape index (κ2) is 9.78. The Morgan fingerprint density at radius 1 is 1.31 bits per heavy atom. The molecule has 0 aromatic heterocycles. The van der Waals surface area contributed by atoms with Gasteiger partial charge in [0.2, 0.25) is 0 Å². The number of hydrogen-bond donors (Lipinski definition) is 2. The smallest absolute Gasteiger partial charge is 0.191 e. The van der Waals surface area contributed by atoms with E-state index in [-0.39, 0.29) is 11.5 Å². The van der Waals surface area contributed by atoms with Crippen molar-refractivity contribution in [2.45, 2.75) is 38.1 Å². The van der Waals surface area contributed by atoms with E-state index >= 15 is 0 Å². The summed E-state index contributed by atoms with van der Waals surface area (Å²) in [5.41, 5.74) is 2.44. The van der Waals surface area contributed by atoms with Gasteiger partial charge in [-0.15, -0.1) is 0 Å². The number of nitrogens with one attached hydrogen (secondary N) is 2. The maximum absolute atomic E-state index is 5.68. The van der Waals surface area contributed by atoms with Crippen LogP contribution in [-0.4, -0.2) is 59.6 Å². The van der Waals surface area contributed by atoms with E-state index in [4.69, 9.17) is 14.2 Å². The molecule has 1 fully saturated rings. The molecule has 146 valence electrons. The monoisotopic (exact) mass is 363 g/mol. The molecule has 1 unspecified atom stereocenters. The first-order valence-electron chi connectivity index (χ1n) is 9.23. The molecule has 1 aromatic rings. The summed E-state index contributed by atoms with van der Waals surface area (Å²) in [5, 5.41) is 6.88. The first kappa shape index (κ1) is 20.5. The number of rotatable bonds is 7. The highest BCUT2D eigenvalue weighted by atomic mass is 16.5. The van der Waals surface area contributed by atoms with Crippen molar-refractivity contribution >= 4 is 5.96 Å². The first-order chi connectivity index (χ1) is 12.5. The standard InChI is InChI=1S/C20H33N3O3/c1-15-6-7-18(25-5)17(12-15)20(8-10-26-11-9-20)14-22-19(21-3)23-16(2)13-24-4/h6-7,12,16H,8-11,13-14H2,1-5H3,(H2,21,22,23). The molecule has 6 heteroatoms. The molecule has 0 saturated carbocycles. The fraction of sp³-hybridized carbons (Fsp3) is 0.650. The van der Waals surface area contributed by atoms with Gasteiger partial charge in [-0.25, -0.2) is 0 Å². The average molecular weight is 364 g/mol. The van der Waals surface area contributed by atoms with Crippen LogP contribution in [0.3, 0.4) is 0 Å². The molecule has 0 radical (unpaired) electrons. The van der Waals surface area contributed by atoms with Crippen molar-refractivity contribution in [2.24, 2.45) is 4.99 Å². The Morgan fingerprint density at radius 3 is 2.65 bits per heavy atom. The lowest BCUT2D eigenvalue weighted by Gasteiger charge is -2.39. The first-order valence-corrected chi connectivity index (χ1v) is 9.23. The predicted octanol–water partition coefficient (Wildman–Crippen LogP) is 2.25. The lowest BCUT2D eigenvalue weighted by atomic mass is 9.73. The van der Waals surface area contributed by atoms with Crippen LogP contribution < -0.4 is 15.4 Å². The normalized spacial score (nSPS) is 18.3. The second-order valence-electron chi connectivity index (χ2n) is 7.02. The van der Waals surface area contributed by atoms with Gasteiger partial charge in [-0.3, -0.25) is 4.99 Å². The lowest BCUT2D eigenvalue weighted by molar-refractivity contribution is 0.0505. The fourth-order valence-electron chi connectivity index (χ4n) is 3.51. The zero-order chi connectivity index (χ0) is 19.0. The maximum atomic E-state index is 5.68. The van der Waals surface area contributed by atoms with Crippen LogP contribution in [0.4, 0.5) is 0 Å². The van der Waals surface area contributed by atoms with Gasteiger partial charge in [-0.1, -0.05) is 17.7 Å². The minimum atomic E-state index is -0.0439. The third kappa shape index (κ3) is 5.11. The molecule has 6 nitrogen and oxygen atoms in total. The van der Waals surface area contributed by atoms with Gasteiger partial charge < -0.3 is 24.8 Å². The molecule has 26 heavy (non-hydrogen) atoms. The molecule has 0 amide bonds. The second-order valence-corrected chi connectivity index (χ2v) is 7.02. The summed E-state index contributed by atoms with van der Waals surface area (Å²) in [6, 6.07) is 6.59. The van der Waals surface area contributed by atoms with Crippen LogP contribution >= 0.6 is 0 Å². The summed E-state index contributed by atoms with van der Waals surface area (Å²) in [4.78, 5) is 4.36. The molecule has 0 spiro atoms. The number of nitrogens with zero attached hydrogens (tertiary/aromatic N) is 1. The van der Waals surface area contributed by atoms with Gasteiger partial charge in [0, 0.05) is 50.9 Å². The van der Waals surface area contributed by atoms with E-state index in [2.05, 4.69) is 47.7 Å². The van der Waals surface area contributed by atoms with E-state index in [0.29, 0.717) is 6.61 Å². The van der Waals surface area contributed by atoms with Gasteiger partial charge in [0.05, 0.1) is 13.7 Å². The molecular weight excluding hydrogens is 330 g/mol. The van der Waals surface area contributed by atoms with Crippen molar-refractivity contribution in [1.29, 1.82) is 0 Å². The third-order valence-corrected chi connectivity index (χ3v) is 4.99. The SMILES string of the molecule is CN=C(NCC1(c2cc(C)ccc2OC)CCOCC1)NC(C)COC. The number of benzene rings is 1. The van der Waals surface area contributed by atoms with E-state index < -0.39 is 0 Å². The van der Waals surface area contributed by atoms with Crippen LogP contribution in [0.15, 0.2) is 23.2 Å². The number of methoxy groups -OCH3 is 2. The molecule has 1 saturated heterocycles.